The molecule has 96 valence electrons. The zero-order valence-electron chi connectivity index (χ0n) is 11.0. The minimum Gasteiger partial charge on any atom is -0.395 e. The summed E-state index contributed by atoms with van der Waals surface area (Å²) < 4.78 is 0. The zero-order valence-corrected chi connectivity index (χ0v) is 11.0. The van der Waals surface area contributed by atoms with Gasteiger partial charge >= 0.3 is 0 Å². The summed E-state index contributed by atoms with van der Waals surface area (Å²) in [4.78, 5) is 0. The van der Waals surface area contributed by atoms with Crippen LogP contribution in [0.1, 0.15) is 38.7 Å². The van der Waals surface area contributed by atoms with E-state index >= 15 is 0 Å². The molecular weight excluding hydrogens is 210 g/mol. The van der Waals surface area contributed by atoms with Crippen LogP contribution in [0.3, 0.4) is 0 Å². The smallest absolute Gasteiger partial charge is 0.0587 e. The molecule has 0 aliphatic heterocycles. The van der Waals surface area contributed by atoms with E-state index in [0.29, 0.717) is 6.04 Å². The lowest BCUT2D eigenvalue weighted by atomic mass is 10.0. The van der Waals surface area contributed by atoms with Crippen LogP contribution in [0.5, 0.6) is 0 Å². The van der Waals surface area contributed by atoms with E-state index in [4.69, 9.17) is 0 Å². The molecule has 2 unspecified atom stereocenters. The maximum Gasteiger partial charge on any atom is 0.0587 e. The van der Waals surface area contributed by atoms with Crippen LogP contribution < -0.4 is 5.32 Å². The van der Waals surface area contributed by atoms with Gasteiger partial charge in [0.2, 0.25) is 0 Å². The first-order chi connectivity index (χ1) is 8.30. The molecule has 1 aromatic rings. The third-order valence-corrected chi connectivity index (χ3v) is 3.15. The van der Waals surface area contributed by atoms with E-state index in [-0.39, 0.29) is 12.6 Å². The number of hydrogen-bond donors (Lipinski definition) is 2. The molecule has 0 bridgehead atoms. The van der Waals surface area contributed by atoms with Crippen molar-refractivity contribution in [3.63, 3.8) is 0 Å². The van der Waals surface area contributed by atoms with Crippen LogP contribution in [0, 0.1) is 0 Å². The number of aliphatic hydroxyl groups is 1. The average Bonchev–Trinajstić information content (AvgIpc) is 2.38. The lowest BCUT2D eigenvalue weighted by Gasteiger charge is -2.23. The first kappa shape index (κ1) is 14.2. The summed E-state index contributed by atoms with van der Waals surface area (Å²) in [6, 6.07) is 11.1. The van der Waals surface area contributed by atoms with Crippen LogP contribution in [-0.4, -0.2) is 23.8 Å². The molecule has 0 aromatic heterocycles. The summed E-state index contributed by atoms with van der Waals surface area (Å²) in [5.74, 6) is 0. The standard InChI is InChI=1S/C15H25NO/c1-3-8-14(4-2)16-15(12-17)11-13-9-6-5-7-10-13/h5-7,9-10,14-17H,3-4,8,11-12H2,1-2H3. The molecular formula is C15H25NO. The van der Waals surface area contributed by atoms with Crippen LogP contribution >= 0.6 is 0 Å². The molecule has 2 atom stereocenters. The summed E-state index contributed by atoms with van der Waals surface area (Å²) in [6.07, 6.45) is 4.40. The molecule has 17 heavy (non-hydrogen) atoms. The zero-order chi connectivity index (χ0) is 12.5. The van der Waals surface area contributed by atoms with Gasteiger partial charge in [0.15, 0.2) is 0 Å². The third-order valence-electron chi connectivity index (χ3n) is 3.15. The highest BCUT2D eigenvalue weighted by atomic mass is 16.3. The third kappa shape index (κ3) is 5.33. The maximum atomic E-state index is 9.44. The molecule has 1 aromatic carbocycles. The van der Waals surface area contributed by atoms with Gasteiger partial charge in [-0.1, -0.05) is 50.6 Å². The number of nitrogens with one attached hydrogen (secondary N) is 1. The Bertz CT molecular complexity index is 286. The van der Waals surface area contributed by atoms with E-state index in [0.717, 1.165) is 12.8 Å². The van der Waals surface area contributed by atoms with Gasteiger partial charge < -0.3 is 10.4 Å². The Morgan fingerprint density at radius 1 is 1.12 bits per heavy atom. The molecule has 2 N–H and O–H groups in total. The van der Waals surface area contributed by atoms with Gasteiger partial charge in [0.05, 0.1) is 6.61 Å². The normalized spacial score (nSPS) is 14.5. The summed E-state index contributed by atoms with van der Waals surface area (Å²) in [7, 11) is 0. The molecule has 0 saturated carbocycles. The Kier molecular flexibility index (Phi) is 6.90. The van der Waals surface area contributed by atoms with Crippen molar-refractivity contribution in [2.45, 2.75) is 51.6 Å². The fourth-order valence-electron chi connectivity index (χ4n) is 2.16. The van der Waals surface area contributed by atoms with Crippen LogP contribution in [-0.2, 0) is 6.42 Å². The Hall–Kier alpha value is -0.860. The predicted molar refractivity (Wildman–Crippen MR) is 73.1 cm³/mol. The van der Waals surface area contributed by atoms with Gasteiger partial charge in [0.1, 0.15) is 0 Å². The van der Waals surface area contributed by atoms with Crippen molar-refractivity contribution >= 4 is 0 Å². The van der Waals surface area contributed by atoms with Gasteiger partial charge in [0, 0.05) is 12.1 Å². The molecule has 0 radical (unpaired) electrons. The SMILES string of the molecule is CCCC(CC)NC(CO)Cc1ccccc1. The topological polar surface area (TPSA) is 32.3 Å². The van der Waals surface area contributed by atoms with Crippen molar-refractivity contribution in [1.29, 1.82) is 0 Å². The number of benzene rings is 1. The predicted octanol–water partition coefficient (Wildman–Crippen LogP) is 2.76. The fourth-order valence-corrected chi connectivity index (χ4v) is 2.16. The molecule has 1 rings (SSSR count). The second-order valence-corrected chi connectivity index (χ2v) is 4.63. The minimum absolute atomic E-state index is 0.175. The lowest BCUT2D eigenvalue weighted by Crippen LogP contribution is -2.41. The maximum absolute atomic E-state index is 9.44. The largest absolute Gasteiger partial charge is 0.395 e. The minimum atomic E-state index is 0.175. The average molecular weight is 235 g/mol. The van der Waals surface area contributed by atoms with Crippen LogP contribution in [0.4, 0.5) is 0 Å². The van der Waals surface area contributed by atoms with Crippen molar-refractivity contribution in [2.75, 3.05) is 6.61 Å². The second-order valence-electron chi connectivity index (χ2n) is 4.63. The molecule has 0 saturated heterocycles. The lowest BCUT2D eigenvalue weighted by molar-refractivity contribution is 0.226. The van der Waals surface area contributed by atoms with E-state index in [1.54, 1.807) is 0 Å². The molecule has 0 spiro atoms. The fraction of sp³-hybridized carbons (Fsp3) is 0.600. The summed E-state index contributed by atoms with van der Waals surface area (Å²) in [5.41, 5.74) is 1.28. The summed E-state index contributed by atoms with van der Waals surface area (Å²) in [6.45, 7) is 4.61. The van der Waals surface area contributed by atoms with Crippen LogP contribution in [0.25, 0.3) is 0 Å². The highest BCUT2D eigenvalue weighted by Gasteiger charge is 2.13. The Morgan fingerprint density at radius 2 is 1.82 bits per heavy atom. The molecule has 2 nitrogen and oxygen atoms in total. The van der Waals surface area contributed by atoms with E-state index in [2.05, 4.69) is 31.3 Å². The van der Waals surface area contributed by atoms with Gasteiger partial charge in [-0.05, 0) is 24.8 Å². The van der Waals surface area contributed by atoms with Crippen molar-refractivity contribution in [3.8, 4) is 0 Å². The Morgan fingerprint density at radius 3 is 2.35 bits per heavy atom. The molecule has 0 aliphatic rings. The van der Waals surface area contributed by atoms with Gasteiger partial charge in [-0.25, -0.2) is 0 Å². The molecule has 0 fully saturated rings. The second kappa shape index (κ2) is 8.26. The first-order valence-electron chi connectivity index (χ1n) is 6.71. The van der Waals surface area contributed by atoms with Crippen LogP contribution in [0.2, 0.25) is 0 Å². The molecule has 0 heterocycles. The van der Waals surface area contributed by atoms with E-state index in [1.807, 2.05) is 18.2 Å². The van der Waals surface area contributed by atoms with Gasteiger partial charge in [-0.15, -0.1) is 0 Å². The number of rotatable bonds is 8. The Balaban J connectivity index is 2.48. The molecule has 2 heteroatoms. The van der Waals surface area contributed by atoms with E-state index in [1.165, 1.54) is 18.4 Å². The van der Waals surface area contributed by atoms with Crippen molar-refractivity contribution < 1.29 is 5.11 Å². The van der Waals surface area contributed by atoms with Gasteiger partial charge in [0.25, 0.3) is 0 Å². The van der Waals surface area contributed by atoms with E-state index in [9.17, 15) is 5.11 Å². The quantitative estimate of drug-likeness (QED) is 0.726. The van der Waals surface area contributed by atoms with E-state index < -0.39 is 0 Å². The first-order valence-corrected chi connectivity index (χ1v) is 6.71. The molecule has 0 amide bonds. The van der Waals surface area contributed by atoms with Crippen molar-refractivity contribution in [1.82, 2.24) is 5.32 Å². The number of aliphatic hydroxyl groups excluding tert-OH is 1. The highest BCUT2D eigenvalue weighted by Crippen LogP contribution is 2.07. The molecule has 0 aliphatic carbocycles. The van der Waals surface area contributed by atoms with Crippen molar-refractivity contribution in [2.24, 2.45) is 0 Å². The Labute approximate surface area is 105 Å². The van der Waals surface area contributed by atoms with Gasteiger partial charge in [-0.3, -0.25) is 0 Å². The van der Waals surface area contributed by atoms with Gasteiger partial charge in [-0.2, -0.15) is 0 Å². The summed E-state index contributed by atoms with van der Waals surface area (Å²) >= 11 is 0. The van der Waals surface area contributed by atoms with Crippen LogP contribution in [0.15, 0.2) is 30.3 Å². The highest BCUT2D eigenvalue weighted by molar-refractivity contribution is 5.15. The monoisotopic (exact) mass is 235 g/mol. The summed E-state index contributed by atoms with van der Waals surface area (Å²) in [5, 5.41) is 13.0. The number of hydrogen-bond acceptors (Lipinski definition) is 2. The van der Waals surface area contributed by atoms with Crippen molar-refractivity contribution in [3.05, 3.63) is 35.9 Å².